The lowest BCUT2D eigenvalue weighted by molar-refractivity contribution is -0.0595. The maximum absolute atomic E-state index is 13.4. The molecule has 0 atom stereocenters. The van der Waals surface area contributed by atoms with E-state index < -0.39 is 15.8 Å². The van der Waals surface area contributed by atoms with E-state index in [0.29, 0.717) is 25.9 Å². The molecule has 0 unspecified atom stereocenters. The van der Waals surface area contributed by atoms with E-state index in [1.165, 1.54) is 28.1 Å². The third-order valence-corrected chi connectivity index (χ3v) is 7.90. The van der Waals surface area contributed by atoms with Gasteiger partial charge in [0, 0.05) is 32.7 Å². The van der Waals surface area contributed by atoms with E-state index in [9.17, 15) is 12.8 Å². The standard InChI is InChI=1S/C23H29FN2O3S/c24-20-7-4-8-23(17-20)30(27,28)26-15-11-22(12-16-26)29-21-9-13-25(14-10-21)18-19-5-2-1-3-6-19/h1-8,17,21-22H,9-16,18H2. The first-order chi connectivity index (χ1) is 14.5. The fraction of sp³-hybridized carbons (Fsp3) is 0.478. The second kappa shape index (κ2) is 9.56. The van der Waals surface area contributed by atoms with E-state index in [2.05, 4.69) is 29.2 Å². The zero-order valence-electron chi connectivity index (χ0n) is 17.1. The van der Waals surface area contributed by atoms with E-state index in [0.717, 1.165) is 38.5 Å². The Morgan fingerprint density at radius 2 is 1.50 bits per heavy atom. The molecule has 7 heteroatoms. The number of likely N-dealkylation sites (tertiary alicyclic amines) is 1. The van der Waals surface area contributed by atoms with Crippen LogP contribution in [0.1, 0.15) is 31.2 Å². The highest BCUT2D eigenvalue weighted by Crippen LogP contribution is 2.25. The highest BCUT2D eigenvalue weighted by atomic mass is 32.2. The summed E-state index contributed by atoms with van der Waals surface area (Å²) >= 11 is 0. The van der Waals surface area contributed by atoms with E-state index >= 15 is 0 Å². The smallest absolute Gasteiger partial charge is 0.243 e. The van der Waals surface area contributed by atoms with Gasteiger partial charge in [-0.1, -0.05) is 36.4 Å². The van der Waals surface area contributed by atoms with Gasteiger partial charge >= 0.3 is 0 Å². The van der Waals surface area contributed by atoms with E-state index in [-0.39, 0.29) is 17.1 Å². The molecule has 0 aliphatic carbocycles. The van der Waals surface area contributed by atoms with Gasteiger partial charge in [-0.25, -0.2) is 12.8 Å². The van der Waals surface area contributed by atoms with Crippen molar-refractivity contribution < 1.29 is 17.5 Å². The molecule has 2 fully saturated rings. The Morgan fingerprint density at radius 1 is 0.867 bits per heavy atom. The molecule has 2 aliphatic heterocycles. The molecule has 2 aromatic rings. The topological polar surface area (TPSA) is 49.9 Å². The summed E-state index contributed by atoms with van der Waals surface area (Å²) in [5.41, 5.74) is 1.34. The number of sulfonamides is 1. The monoisotopic (exact) mass is 432 g/mol. The number of benzene rings is 2. The molecule has 0 amide bonds. The summed E-state index contributed by atoms with van der Waals surface area (Å²) in [7, 11) is -3.65. The second-order valence-electron chi connectivity index (χ2n) is 8.16. The predicted molar refractivity (Wildman–Crippen MR) is 114 cm³/mol. The number of ether oxygens (including phenoxy) is 1. The van der Waals surface area contributed by atoms with Crippen molar-refractivity contribution in [2.75, 3.05) is 26.2 Å². The van der Waals surface area contributed by atoms with Crippen LogP contribution in [0, 0.1) is 5.82 Å². The number of halogens is 1. The van der Waals surface area contributed by atoms with Gasteiger partial charge in [0.05, 0.1) is 17.1 Å². The maximum atomic E-state index is 13.4. The van der Waals surface area contributed by atoms with Crippen molar-refractivity contribution in [1.29, 1.82) is 0 Å². The minimum Gasteiger partial charge on any atom is -0.375 e. The van der Waals surface area contributed by atoms with Crippen LogP contribution in [0.15, 0.2) is 59.5 Å². The van der Waals surface area contributed by atoms with Crippen LogP contribution >= 0.6 is 0 Å². The summed E-state index contributed by atoms with van der Waals surface area (Å²) < 4.78 is 46.7. The van der Waals surface area contributed by atoms with Crippen molar-refractivity contribution in [2.45, 2.75) is 49.3 Å². The highest BCUT2D eigenvalue weighted by molar-refractivity contribution is 7.89. The fourth-order valence-corrected chi connectivity index (χ4v) is 5.80. The average molecular weight is 433 g/mol. The van der Waals surface area contributed by atoms with Gasteiger partial charge in [-0.3, -0.25) is 4.90 Å². The van der Waals surface area contributed by atoms with Crippen molar-refractivity contribution in [1.82, 2.24) is 9.21 Å². The predicted octanol–water partition coefficient (Wildman–Crippen LogP) is 3.66. The molecule has 2 aliphatic rings. The molecule has 0 bridgehead atoms. The Bertz CT molecular complexity index is 922. The van der Waals surface area contributed by atoms with Crippen LogP contribution in [0.3, 0.4) is 0 Å². The van der Waals surface area contributed by atoms with Gasteiger partial charge in [0.15, 0.2) is 0 Å². The molecule has 0 radical (unpaired) electrons. The molecule has 2 heterocycles. The first-order valence-electron chi connectivity index (χ1n) is 10.7. The molecule has 2 aromatic carbocycles. The van der Waals surface area contributed by atoms with Crippen LogP contribution in [0.5, 0.6) is 0 Å². The van der Waals surface area contributed by atoms with Crippen LogP contribution in [-0.2, 0) is 21.3 Å². The van der Waals surface area contributed by atoms with Gasteiger partial charge in [-0.15, -0.1) is 0 Å². The molecule has 0 aromatic heterocycles. The SMILES string of the molecule is O=S(=O)(c1cccc(F)c1)N1CCC(OC2CCN(Cc3ccccc3)CC2)CC1. The number of rotatable bonds is 6. The second-order valence-corrected chi connectivity index (χ2v) is 10.1. The maximum Gasteiger partial charge on any atom is 0.243 e. The van der Waals surface area contributed by atoms with E-state index in [1.807, 2.05) is 6.07 Å². The Morgan fingerprint density at radius 3 is 2.13 bits per heavy atom. The zero-order valence-corrected chi connectivity index (χ0v) is 17.9. The van der Waals surface area contributed by atoms with Crippen molar-refractivity contribution in [2.24, 2.45) is 0 Å². The third kappa shape index (κ3) is 5.27. The van der Waals surface area contributed by atoms with Crippen molar-refractivity contribution in [3.8, 4) is 0 Å². The molecule has 0 N–H and O–H groups in total. The first-order valence-corrected chi connectivity index (χ1v) is 12.1. The summed E-state index contributed by atoms with van der Waals surface area (Å²) in [6.45, 7) is 3.84. The summed E-state index contributed by atoms with van der Waals surface area (Å²) in [6, 6.07) is 15.7. The van der Waals surface area contributed by atoms with Gasteiger partial charge in [-0.2, -0.15) is 4.31 Å². The Balaban J connectivity index is 1.23. The molecule has 30 heavy (non-hydrogen) atoms. The molecule has 4 rings (SSSR count). The van der Waals surface area contributed by atoms with Crippen molar-refractivity contribution in [3.05, 3.63) is 66.0 Å². The van der Waals surface area contributed by atoms with Crippen LogP contribution in [-0.4, -0.2) is 56.0 Å². The number of hydrogen-bond acceptors (Lipinski definition) is 4. The lowest BCUT2D eigenvalue weighted by Gasteiger charge is -2.36. The molecular formula is C23H29FN2O3S. The van der Waals surface area contributed by atoms with Crippen LogP contribution in [0.25, 0.3) is 0 Å². The lowest BCUT2D eigenvalue weighted by atomic mass is 10.0. The Kier molecular flexibility index (Phi) is 6.83. The Labute approximate surface area is 178 Å². The molecule has 2 saturated heterocycles. The first kappa shape index (κ1) is 21.4. The largest absolute Gasteiger partial charge is 0.375 e. The number of hydrogen-bond donors (Lipinski definition) is 0. The van der Waals surface area contributed by atoms with Gasteiger partial charge in [0.25, 0.3) is 0 Å². The number of nitrogens with zero attached hydrogens (tertiary/aromatic N) is 2. The van der Waals surface area contributed by atoms with Crippen molar-refractivity contribution >= 4 is 10.0 Å². The Hall–Kier alpha value is -1.80. The summed E-state index contributed by atoms with van der Waals surface area (Å²) in [5.74, 6) is -0.534. The zero-order chi connectivity index (χ0) is 21.0. The normalized spacial score (nSPS) is 20.4. The lowest BCUT2D eigenvalue weighted by Crippen LogP contribution is -2.43. The molecule has 0 saturated carbocycles. The summed E-state index contributed by atoms with van der Waals surface area (Å²) in [4.78, 5) is 2.48. The average Bonchev–Trinajstić information content (AvgIpc) is 2.76. The molecule has 162 valence electrons. The summed E-state index contributed by atoms with van der Waals surface area (Å²) in [6.07, 6.45) is 3.71. The highest BCUT2D eigenvalue weighted by Gasteiger charge is 2.31. The minimum absolute atomic E-state index is 0.0210. The quantitative estimate of drug-likeness (QED) is 0.699. The van der Waals surface area contributed by atoms with Crippen LogP contribution in [0.4, 0.5) is 4.39 Å². The summed E-state index contributed by atoms with van der Waals surface area (Å²) in [5, 5.41) is 0. The van der Waals surface area contributed by atoms with Gasteiger partial charge in [-0.05, 0) is 49.4 Å². The molecular weight excluding hydrogens is 403 g/mol. The molecule has 5 nitrogen and oxygen atoms in total. The van der Waals surface area contributed by atoms with Crippen molar-refractivity contribution in [3.63, 3.8) is 0 Å². The minimum atomic E-state index is -3.65. The van der Waals surface area contributed by atoms with Crippen LogP contribution < -0.4 is 0 Å². The van der Waals surface area contributed by atoms with Gasteiger partial charge in [0.2, 0.25) is 10.0 Å². The van der Waals surface area contributed by atoms with Gasteiger partial charge < -0.3 is 4.74 Å². The van der Waals surface area contributed by atoms with Gasteiger partial charge in [0.1, 0.15) is 5.82 Å². The van der Waals surface area contributed by atoms with E-state index in [4.69, 9.17) is 4.74 Å². The number of piperidine rings is 2. The third-order valence-electron chi connectivity index (χ3n) is 6.00. The molecule has 0 spiro atoms. The fourth-order valence-electron chi connectivity index (χ4n) is 4.30. The van der Waals surface area contributed by atoms with E-state index in [1.54, 1.807) is 0 Å². The van der Waals surface area contributed by atoms with Crippen LogP contribution in [0.2, 0.25) is 0 Å².